The van der Waals surface area contributed by atoms with Crippen molar-refractivity contribution < 1.29 is 0 Å². The summed E-state index contributed by atoms with van der Waals surface area (Å²) in [6, 6.07) is 17.0. The fraction of sp³-hybridized carbons (Fsp3) is 0.250. The van der Waals surface area contributed by atoms with Crippen LogP contribution in [-0.4, -0.2) is 6.04 Å². The zero-order chi connectivity index (χ0) is 13.0. The van der Waals surface area contributed by atoms with E-state index in [2.05, 4.69) is 55.6 Å². The van der Waals surface area contributed by atoms with Crippen LogP contribution < -0.4 is 5.32 Å². The van der Waals surface area contributed by atoms with Gasteiger partial charge in [-0.25, -0.2) is 0 Å². The molecule has 0 amide bonds. The molecule has 2 heteroatoms. The van der Waals surface area contributed by atoms with Gasteiger partial charge < -0.3 is 5.32 Å². The summed E-state index contributed by atoms with van der Waals surface area (Å²) in [5, 5.41) is 4.22. The Morgan fingerprint density at radius 3 is 2.39 bits per heavy atom. The maximum Gasteiger partial charge on any atom is 0.0451 e. The molecule has 2 aromatic carbocycles. The van der Waals surface area contributed by atoms with E-state index in [0.717, 1.165) is 17.1 Å². The molecule has 1 nitrogen and oxygen atoms in total. The minimum absolute atomic E-state index is 0.460. The van der Waals surface area contributed by atoms with E-state index >= 15 is 0 Å². The van der Waals surface area contributed by atoms with Crippen molar-refractivity contribution in [3.63, 3.8) is 0 Å². The summed E-state index contributed by atoms with van der Waals surface area (Å²) in [7, 11) is 0. The van der Waals surface area contributed by atoms with Gasteiger partial charge in [0.25, 0.3) is 0 Å². The van der Waals surface area contributed by atoms with Crippen LogP contribution in [0.15, 0.2) is 48.5 Å². The molecule has 94 valence electrons. The van der Waals surface area contributed by atoms with Gasteiger partial charge in [0.1, 0.15) is 0 Å². The first-order chi connectivity index (χ1) is 8.66. The molecule has 0 aliphatic rings. The Hall–Kier alpha value is -1.31. The van der Waals surface area contributed by atoms with E-state index in [0.29, 0.717) is 6.04 Å². The van der Waals surface area contributed by atoms with Gasteiger partial charge >= 0.3 is 0 Å². The molecular weight excluding hydrogens is 242 g/mol. The smallest absolute Gasteiger partial charge is 0.0451 e. The number of hydrogen-bond acceptors (Lipinski definition) is 1. The Morgan fingerprint density at radius 1 is 1.00 bits per heavy atom. The number of hydrogen-bond donors (Lipinski definition) is 1. The van der Waals surface area contributed by atoms with Gasteiger partial charge in [0.05, 0.1) is 0 Å². The summed E-state index contributed by atoms with van der Waals surface area (Å²) < 4.78 is 0. The highest BCUT2D eigenvalue weighted by atomic mass is 35.5. The fourth-order valence-electron chi connectivity index (χ4n) is 1.83. The molecule has 0 fully saturated rings. The molecule has 0 bridgehead atoms. The molecule has 0 unspecified atom stereocenters. The molecule has 1 N–H and O–H groups in total. The molecule has 2 rings (SSSR count). The highest BCUT2D eigenvalue weighted by molar-refractivity contribution is 6.31. The third kappa shape index (κ3) is 3.34. The Labute approximate surface area is 114 Å². The van der Waals surface area contributed by atoms with Crippen molar-refractivity contribution in [1.82, 2.24) is 5.32 Å². The molecule has 0 aromatic heterocycles. The monoisotopic (exact) mass is 259 g/mol. The second-order valence-electron chi connectivity index (χ2n) is 4.71. The average Bonchev–Trinajstić information content (AvgIpc) is 2.38. The lowest BCUT2D eigenvalue weighted by atomic mass is 10.0. The molecule has 0 spiro atoms. The molecule has 0 atom stereocenters. The van der Waals surface area contributed by atoms with Crippen LogP contribution in [0, 0.1) is 0 Å². The Kier molecular flexibility index (Phi) is 4.40. The minimum atomic E-state index is 0.460. The standard InChI is InChI=1S/C16H18ClN/c1-12(2)18-11-15-10-14(8-9-16(15)17)13-6-4-3-5-7-13/h3-10,12,18H,11H2,1-2H3. The molecule has 0 aliphatic carbocycles. The molecule has 0 heterocycles. The van der Waals surface area contributed by atoms with Gasteiger partial charge in [-0.3, -0.25) is 0 Å². The summed E-state index contributed by atoms with van der Waals surface area (Å²) in [4.78, 5) is 0. The summed E-state index contributed by atoms with van der Waals surface area (Å²) in [5.41, 5.74) is 3.58. The maximum atomic E-state index is 6.23. The lowest BCUT2D eigenvalue weighted by molar-refractivity contribution is 0.589. The molecule has 0 saturated heterocycles. The van der Waals surface area contributed by atoms with Gasteiger partial charge in [0.15, 0.2) is 0 Å². The maximum absolute atomic E-state index is 6.23. The highest BCUT2D eigenvalue weighted by Crippen LogP contribution is 2.25. The number of nitrogens with one attached hydrogen (secondary N) is 1. The third-order valence-electron chi connectivity index (χ3n) is 2.85. The van der Waals surface area contributed by atoms with Crippen molar-refractivity contribution in [2.75, 3.05) is 0 Å². The summed E-state index contributed by atoms with van der Waals surface area (Å²) in [6.07, 6.45) is 0. The summed E-state index contributed by atoms with van der Waals surface area (Å²) in [5.74, 6) is 0. The summed E-state index contributed by atoms with van der Waals surface area (Å²) in [6.45, 7) is 5.07. The normalized spacial score (nSPS) is 10.9. The zero-order valence-corrected chi connectivity index (χ0v) is 11.5. The van der Waals surface area contributed by atoms with Gasteiger partial charge in [-0.05, 0) is 28.8 Å². The van der Waals surface area contributed by atoms with Gasteiger partial charge in [-0.2, -0.15) is 0 Å². The van der Waals surface area contributed by atoms with Gasteiger partial charge in [-0.15, -0.1) is 0 Å². The van der Waals surface area contributed by atoms with E-state index in [1.807, 2.05) is 12.1 Å². The lowest BCUT2D eigenvalue weighted by Crippen LogP contribution is -2.21. The van der Waals surface area contributed by atoms with Crippen molar-refractivity contribution in [2.45, 2.75) is 26.4 Å². The van der Waals surface area contributed by atoms with Gasteiger partial charge in [0.2, 0.25) is 0 Å². The van der Waals surface area contributed by atoms with Crippen molar-refractivity contribution in [3.8, 4) is 11.1 Å². The second-order valence-corrected chi connectivity index (χ2v) is 5.12. The molecular formula is C16H18ClN. The fourth-order valence-corrected chi connectivity index (χ4v) is 2.02. The van der Waals surface area contributed by atoms with E-state index in [-0.39, 0.29) is 0 Å². The zero-order valence-electron chi connectivity index (χ0n) is 10.8. The van der Waals surface area contributed by atoms with E-state index in [1.165, 1.54) is 11.1 Å². The quantitative estimate of drug-likeness (QED) is 0.852. The van der Waals surface area contributed by atoms with Crippen LogP contribution in [0.1, 0.15) is 19.4 Å². The van der Waals surface area contributed by atoms with Crippen molar-refractivity contribution in [3.05, 3.63) is 59.1 Å². The molecule has 0 saturated carbocycles. The van der Waals surface area contributed by atoms with Gasteiger partial charge in [0, 0.05) is 17.6 Å². The average molecular weight is 260 g/mol. The minimum Gasteiger partial charge on any atom is -0.310 e. The topological polar surface area (TPSA) is 12.0 Å². The van der Waals surface area contributed by atoms with E-state index in [4.69, 9.17) is 11.6 Å². The number of halogens is 1. The predicted molar refractivity (Wildman–Crippen MR) is 78.9 cm³/mol. The molecule has 0 radical (unpaired) electrons. The van der Waals surface area contributed by atoms with E-state index in [1.54, 1.807) is 0 Å². The first-order valence-electron chi connectivity index (χ1n) is 6.24. The lowest BCUT2D eigenvalue weighted by Gasteiger charge is -2.11. The molecule has 2 aromatic rings. The van der Waals surface area contributed by atoms with E-state index in [9.17, 15) is 0 Å². The first kappa shape index (κ1) is 13.1. The highest BCUT2D eigenvalue weighted by Gasteiger charge is 2.04. The Bertz CT molecular complexity index is 506. The van der Waals surface area contributed by atoms with Crippen LogP contribution >= 0.6 is 11.6 Å². The van der Waals surface area contributed by atoms with Gasteiger partial charge in [-0.1, -0.05) is 61.8 Å². The molecule has 18 heavy (non-hydrogen) atoms. The Morgan fingerprint density at radius 2 is 1.72 bits per heavy atom. The van der Waals surface area contributed by atoms with Crippen LogP contribution in [0.25, 0.3) is 11.1 Å². The summed E-state index contributed by atoms with van der Waals surface area (Å²) >= 11 is 6.23. The van der Waals surface area contributed by atoms with Crippen LogP contribution in [0.5, 0.6) is 0 Å². The Balaban J connectivity index is 2.26. The second kappa shape index (κ2) is 6.03. The first-order valence-corrected chi connectivity index (χ1v) is 6.62. The van der Waals surface area contributed by atoms with Crippen LogP contribution in [0.2, 0.25) is 5.02 Å². The number of rotatable bonds is 4. The molecule has 0 aliphatic heterocycles. The third-order valence-corrected chi connectivity index (χ3v) is 3.22. The SMILES string of the molecule is CC(C)NCc1cc(-c2ccccc2)ccc1Cl. The van der Waals surface area contributed by atoms with Crippen molar-refractivity contribution in [2.24, 2.45) is 0 Å². The predicted octanol–water partition coefficient (Wildman–Crippen LogP) is 4.51. The van der Waals surface area contributed by atoms with Crippen LogP contribution in [-0.2, 0) is 6.54 Å². The van der Waals surface area contributed by atoms with Crippen LogP contribution in [0.3, 0.4) is 0 Å². The van der Waals surface area contributed by atoms with Crippen molar-refractivity contribution in [1.29, 1.82) is 0 Å². The van der Waals surface area contributed by atoms with Crippen LogP contribution in [0.4, 0.5) is 0 Å². The van der Waals surface area contributed by atoms with Crippen molar-refractivity contribution >= 4 is 11.6 Å². The largest absolute Gasteiger partial charge is 0.310 e. The van der Waals surface area contributed by atoms with E-state index < -0.39 is 0 Å². The number of benzene rings is 2.